The Morgan fingerprint density at radius 1 is 1.44 bits per heavy atom. The second-order valence-electron chi connectivity index (χ2n) is 4.11. The highest BCUT2D eigenvalue weighted by Crippen LogP contribution is 2.22. The zero-order chi connectivity index (χ0) is 13.1. The molecule has 1 aromatic heterocycles. The molecule has 18 heavy (non-hydrogen) atoms. The van der Waals surface area contributed by atoms with Gasteiger partial charge in [0.15, 0.2) is 5.69 Å². The van der Waals surface area contributed by atoms with Crippen molar-refractivity contribution < 1.29 is 15.0 Å². The number of aliphatic hydroxyl groups is 1. The Bertz CT molecular complexity index is 581. The number of pyridine rings is 1. The van der Waals surface area contributed by atoms with Crippen molar-refractivity contribution in [1.82, 2.24) is 4.98 Å². The van der Waals surface area contributed by atoms with E-state index in [0.717, 1.165) is 10.8 Å². The van der Waals surface area contributed by atoms with Crippen LogP contribution in [0.3, 0.4) is 0 Å². The van der Waals surface area contributed by atoms with Crippen LogP contribution in [0.2, 0.25) is 0 Å². The lowest BCUT2D eigenvalue weighted by atomic mass is 10.1. The van der Waals surface area contributed by atoms with E-state index >= 15 is 0 Å². The Morgan fingerprint density at radius 2 is 2.17 bits per heavy atom. The van der Waals surface area contributed by atoms with Crippen molar-refractivity contribution in [1.29, 1.82) is 0 Å². The highest BCUT2D eigenvalue weighted by Gasteiger charge is 2.10. The molecule has 3 N–H and O–H groups in total. The minimum absolute atomic E-state index is 0.0122. The predicted molar refractivity (Wildman–Crippen MR) is 68.9 cm³/mol. The molecule has 0 aliphatic rings. The molecule has 0 aliphatic carbocycles. The Kier molecular flexibility index (Phi) is 3.43. The molecule has 5 heteroatoms. The van der Waals surface area contributed by atoms with Crippen LogP contribution in [0.25, 0.3) is 10.8 Å². The molecule has 1 heterocycles. The molecule has 0 saturated heterocycles. The summed E-state index contributed by atoms with van der Waals surface area (Å²) in [5, 5.41) is 22.9. The van der Waals surface area contributed by atoms with Crippen molar-refractivity contribution in [2.24, 2.45) is 0 Å². The lowest BCUT2D eigenvalue weighted by Gasteiger charge is -2.11. The molecule has 2 aromatic rings. The third-order valence-corrected chi connectivity index (χ3v) is 2.52. The summed E-state index contributed by atoms with van der Waals surface area (Å²) in [5.41, 5.74) is -0.0122. The summed E-state index contributed by atoms with van der Waals surface area (Å²) < 4.78 is 0. The molecule has 0 saturated carbocycles. The van der Waals surface area contributed by atoms with Gasteiger partial charge in [0.1, 0.15) is 5.82 Å². The second kappa shape index (κ2) is 5.01. The molecule has 0 amide bonds. The van der Waals surface area contributed by atoms with E-state index in [1.807, 2.05) is 24.3 Å². The maximum atomic E-state index is 11.0. The average Bonchev–Trinajstić information content (AvgIpc) is 2.35. The first-order valence-electron chi connectivity index (χ1n) is 5.63. The molecule has 1 atom stereocenters. The summed E-state index contributed by atoms with van der Waals surface area (Å²) in [4.78, 5) is 15.0. The summed E-state index contributed by atoms with van der Waals surface area (Å²) in [6.45, 7) is 1.97. The zero-order valence-corrected chi connectivity index (χ0v) is 9.92. The fourth-order valence-corrected chi connectivity index (χ4v) is 1.69. The zero-order valence-electron chi connectivity index (χ0n) is 9.92. The molecular formula is C13H14N2O3. The summed E-state index contributed by atoms with van der Waals surface area (Å²) in [7, 11) is 0. The van der Waals surface area contributed by atoms with Crippen LogP contribution in [0, 0.1) is 0 Å². The van der Waals surface area contributed by atoms with E-state index in [0.29, 0.717) is 12.4 Å². The van der Waals surface area contributed by atoms with Gasteiger partial charge in [-0.2, -0.15) is 0 Å². The number of hydrogen-bond acceptors (Lipinski definition) is 4. The normalized spacial score (nSPS) is 12.3. The minimum Gasteiger partial charge on any atom is -0.477 e. The number of aromatic nitrogens is 1. The Hall–Kier alpha value is -2.14. The van der Waals surface area contributed by atoms with E-state index in [4.69, 9.17) is 5.11 Å². The van der Waals surface area contributed by atoms with Crippen molar-refractivity contribution in [3.05, 3.63) is 36.0 Å². The minimum atomic E-state index is -1.07. The molecule has 94 valence electrons. The fraction of sp³-hybridized carbons (Fsp3) is 0.231. The standard InChI is InChI=1S/C13H14N2O3/c1-8(16)7-14-12-10-5-3-2-4-9(10)6-11(15-12)13(17)18/h2-6,8,16H,7H2,1H3,(H,14,15)(H,17,18). The fourth-order valence-electron chi connectivity index (χ4n) is 1.69. The summed E-state index contributed by atoms with van der Waals surface area (Å²) in [6.07, 6.45) is -0.529. The summed E-state index contributed by atoms with van der Waals surface area (Å²) >= 11 is 0. The van der Waals surface area contributed by atoms with E-state index in [2.05, 4.69) is 10.3 Å². The van der Waals surface area contributed by atoms with Crippen molar-refractivity contribution in [2.75, 3.05) is 11.9 Å². The number of nitrogens with zero attached hydrogens (tertiary/aromatic N) is 1. The van der Waals surface area contributed by atoms with Gasteiger partial charge in [-0.05, 0) is 18.4 Å². The molecule has 2 rings (SSSR count). The third kappa shape index (κ3) is 2.57. The van der Waals surface area contributed by atoms with E-state index in [-0.39, 0.29) is 5.69 Å². The quantitative estimate of drug-likeness (QED) is 0.765. The lowest BCUT2D eigenvalue weighted by Crippen LogP contribution is -2.17. The van der Waals surface area contributed by atoms with Gasteiger partial charge in [-0.15, -0.1) is 0 Å². The van der Waals surface area contributed by atoms with Crippen LogP contribution >= 0.6 is 0 Å². The van der Waals surface area contributed by atoms with Crippen molar-refractivity contribution in [2.45, 2.75) is 13.0 Å². The SMILES string of the molecule is CC(O)CNc1nc(C(=O)O)cc2ccccc12. The van der Waals surface area contributed by atoms with Crippen LogP contribution < -0.4 is 5.32 Å². The van der Waals surface area contributed by atoms with Crippen LogP contribution in [-0.4, -0.2) is 33.8 Å². The average molecular weight is 246 g/mol. The van der Waals surface area contributed by atoms with Crippen LogP contribution in [-0.2, 0) is 0 Å². The van der Waals surface area contributed by atoms with Crippen LogP contribution in [0.1, 0.15) is 17.4 Å². The van der Waals surface area contributed by atoms with Gasteiger partial charge in [-0.3, -0.25) is 0 Å². The summed E-state index contributed by atoms with van der Waals surface area (Å²) in [5.74, 6) is -0.591. The molecule has 0 bridgehead atoms. The number of nitrogens with one attached hydrogen (secondary N) is 1. The number of aromatic carboxylic acids is 1. The molecule has 5 nitrogen and oxygen atoms in total. The molecule has 1 aromatic carbocycles. The number of carboxylic acid groups (broad SMARTS) is 1. The number of carbonyl (C=O) groups is 1. The first-order chi connectivity index (χ1) is 8.58. The van der Waals surface area contributed by atoms with Crippen molar-refractivity contribution in [3.63, 3.8) is 0 Å². The van der Waals surface area contributed by atoms with E-state index < -0.39 is 12.1 Å². The number of anilines is 1. The first-order valence-corrected chi connectivity index (χ1v) is 5.63. The number of aliphatic hydroxyl groups excluding tert-OH is 1. The van der Waals surface area contributed by atoms with Gasteiger partial charge in [-0.25, -0.2) is 9.78 Å². The number of benzene rings is 1. The number of hydrogen-bond donors (Lipinski definition) is 3. The predicted octanol–water partition coefficient (Wildman–Crippen LogP) is 1.73. The smallest absolute Gasteiger partial charge is 0.354 e. The van der Waals surface area contributed by atoms with Crippen molar-refractivity contribution in [3.8, 4) is 0 Å². The van der Waals surface area contributed by atoms with Crippen LogP contribution in [0.15, 0.2) is 30.3 Å². The second-order valence-corrected chi connectivity index (χ2v) is 4.11. The molecule has 1 unspecified atom stereocenters. The topological polar surface area (TPSA) is 82.5 Å². The maximum absolute atomic E-state index is 11.0. The molecule has 0 aliphatic heterocycles. The third-order valence-electron chi connectivity index (χ3n) is 2.52. The maximum Gasteiger partial charge on any atom is 0.354 e. The van der Waals surface area contributed by atoms with Gasteiger partial charge in [0, 0.05) is 11.9 Å². The Labute approximate surface area is 104 Å². The van der Waals surface area contributed by atoms with Gasteiger partial charge in [0.25, 0.3) is 0 Å². The highest BCUT2D eigenvalue weighted by molar-refractivity contribution is 5.97. The Balaban J connectivity index is 2.50. The van der Waals surface area contributed by atoms with Gasteiger partial charge in [0.05, 0.1) is 6.10 Å². The van der Waals surface area contributed by atoms with Crippen molar-refractivity contribution >= 4 is 22.6 Å². The summed E-state index contributed by atoms with van der Waals surface area (Å²) in [6, 6.07) is 8.92. The molecule has 0 spiro atoms. The largest absolute Gasteiger partial charge is 0.477 e. The first kappa shape index (κ1) is 12.3. The molecule has 0 fully saturated rings. The molecule has 0 radical (unpaired) electrons. The molecular weight excluding hydrogens is 232 g/mol. The lowest BCUT2D eigenvalue weighted by molar-refractivity contribution is 0.0691. The van der Waals surface area contributed by atoms with E-state index in [1.165, 1.54) is 6.07 Å². The monoisotopic (exact) mass is 246 g/mol. The Morgan fingerprint density at radius 3 is 2.83 bits per heavy atom. The van der Waals surface area contributed by atoms with Gasteiger partial charge >= 0.3 is 5.97 Å². The van der Waals surface area contributed by atoms with E-state index in [1.54, 1.807) is 6.92 Å². The van der Waals surface area contributed by atoms with E-state index in [9.17, 15) is 9.90 Å². The van der Waals surface area contributed by atoms with Crippen LogP contribution in [0.4, 0.5) is 5.82 Å². The number of rotatable bonds is 4. The number of carboxylic acids is 1. The highest BCUT2D eigenvalue weighted by atomic mass is 16.4. The van der Waals surface area contributed by atoms with Gasteiger partial charge in [0.2, 0.25) is 0 Å². The van der Waals surface area contributed by atoms with Crippen LogP contribution in [0.5, 0.6) is 0 Å². The van der Waals surface area contributed by atoms with Gasteiger partial charge < -0.3 is 15.5 Å². The van der Waals surface area contributed by atoms with Gasteiger partial charge in [-0.1, -0.05) is 24.3 Å². The number of fused-ring (bicyclic) bond motifs is 1.